The summed E-state index contributed by atoms with van der Waals surface area (Å²) in [6.07, 6.45) is 0.688. The lowest BCUT2D eigenvalue weighted by Crippen LogP contribution is -2.44. The molecule has 1 aliphatic rings. The summed E-state index contributed by atoms with van der Waals surface area (Å²) < 4.78 is 10.2. The summed E-state index contributed by atoms with van der Waals surface area (Å²) in [4.78, 5) is 18.3. The predicted molar refractivity (Wildman–Crippen MR) is 99.3 cm³/mol. The number of nitrogens with zero attached hydrogens (tertiary/aromatic N) is 3. The summed E-state index contributed by atoms with van der Waals surface area (Å²) in [6.45, 7) is 2.63. The molecule has 138 valence electrons. The largest absolute Gasteiger partial charge is 0.465 e. The van der Waals surface area contributed by atoms with Crippen LogP contribution in [0.5, 0.6) is 0 Å². The molecule has 0 amide bonds. The normalized spacial score (nSPS) is 14.7. The molecule has 1 aliphatic heterocycles. The molecule has 0 bridgehead atoms. The molecule has 6 nitrogen and oxygen atoms in total. The number of hydrogen-bond donors (Lipinski definition) is 0. The molecule has 0 spiro atoms. The highest BCUT2D eigenvalue weighted by Gasteiger charge is 2.32. The highest BCUT2D eigenvalue weighted by molar-refractivity contribution is 5.89. The first kappa shape index (κ1) is 17.4. The average Bonchev–Trinajstić information content (AvgIpc) is 3.13. The number of methoxy groups -OCH3 is 1. The van der Waals surface area contributed by atoms with Crippen LogP contribution >= 0.6 is 0 Å². The van der Waals surface area contributed by atoms with Gasteiger partial charge in [0.1, 0.15) is 0 Å². The molecule has 0 saturated carbocycles. The Bertz CT molecular complexity index is 900. The fourth-order valence-electron chi connectivity index (χ4n) is 3.26. The Balaban J connectivity index is 1.29. The highest BCUT2D eigenvalue weighted by atomic mass is 16.5. The smallest absolute Gasteiger partial charge is 0.337 e. The van der Waals surface area contributed by atoms with Gasteiger partial charge in [0.15, 0.2) is 5.82 Å². The molecule has 0 unspecified atom stereocenters. The maximum Gasteiger partial charge on any atom is 0.337 e. The third-order valence-electron chi connectivity index (χ3n) is 4.78. The zero-order chi connectivity index (χ0) is 18.6. The molecule has 0 radical (unpaired) electrons. The van der Waals surface area contributed by atoms with Crippen molar-refractivity contribution < 1.29 is 14.1 Å². The van der Waals surface area contributed by atoms with E-state index in [1.165, 1.54) is 12.7 Å². The zero-order valence-electron chi connectivity index (χ0n) is 15.2. The Hall–Kier alpha value is -2.99. The summed E-state index contributed by atoms with van der Waals surface area (Å²) in [6, 6.07) is 17.7. The van der Waals surface area contributed by atoms with E-state index < -0.39 is 0 Å². The monoisotopic (exact) mass is 363 g/mol. The van der Waals surface area contributed by atoms with E-state index in [4.69, 9.17) is 9.26 Å². The van der Waals surface area contributed by atoms with E-state index in [-0.39, 0.29) is 11.9 Å². The number of likely N-dealkylation sites (tertiary alicyclic amines) is 1. The predicted octanol–water partition coefficient (Wildman–Crippen LogP) is 3.05. The number of ether oxygens (including phenoxy) is 1. The van der Waals surface area contributed by atoms with Crippen LogP contribution in [0.1, 0.15) is 39.1 Å². The van der Waals surface area contributed by atoms with Crippen LogP contribution in [0, 0.1) is 0 Å². The van der Waals surface area contributed by atoms with Crippen LogP contribution in [0.3, 0.4) is 0 Å². The van der Waals surface area contributed by atoms with Gasteiger partial charge in [0.05, 0.1) is 18.6 Å². The molecule has 4 rings (SSSR count). The van der Waals surface area contributed by atoms with E-state index in [1.807, 2.05) is 30.3 Å². The lowest BCUT2D eigenvalue weighted by atomic mass is 9.99. The van der Waals surface area contributed by atoms with E-state index in [9.17, 15) is 4.79 Å². The first-order valence-electron chi connectivity index (χ1n) is 8.97. The lowest BCUT2D eigenvalue weighted by molar-refractivity contribution is 0.0600. The van der Waals surface area contributed by atoms with Gasteiger partial charge in [-0.1, -0.05) is 47.6 Å². The van der Waals surface area contributed by atoms with E-state index in [0.29, 0.717) is 12.0 Å². The molecule has 1 aromatic heterocycles. The van der Waals surface area contributed by atoms with Crippen LogP contribution < -0.4 is 0 Å². The molecule has 27 heavy (non-hydrogen) atoms. The summed E-state index contributed by atoms with van der Waals surface area (Å²) in [7, 11) is 1.39. The number of hydrogen-bond acceptors (Lipinski definition) is 6. The van der Waals surface area contributed by atoms with Gasteiger partial charge in [0.2, 0.25) is 5.89 Å². The van der Waals surface area contributed by atoms with E-state index >= 15 is 0 Å². The molecule has 0 aliphatic carbocycles. The average molecular weight is 363 g/mol. The fourth-order valence-corrected chi connectivity index (χ4v) is 3.26. The molecule has 3 aromatic rings. The quantitative estimate of drug-likeness (QED) is 0.627. The van der Waals surface area contributed by atoms with Gasteiger partial charge in [-0.05, 0) is 23.3 Å². The number of carbonyl (C=O) groups excluding carboxylic acids is 1. The summed E-state index contributed by atoms with van der Waals surface area (Å²) >= 11 is 0. The van der Waals surface area contributed by atoms with Gasteiger partial charge in [0.25, 0.3) is 0 Å². The SMILES string of the molecule is COC(=O)c1ccc(CN2CC(c3nc(Cc4ccccc4)no3)C2)cc1. The Morgan fingerprint density at radius 2 is 1.85 bits per heavy atom. The van der Waals surface area contributed by atoms with Gasteiger partial charge in [-0.2, -0.15) is 4.98 Å². The first-order valence-corrected chi connectivity index (χ1v) is 8.97. The molecule has 2 heterocycles. The van der Waals surface area contributed by atoms with Crippen molar-refractivity contribution in [3.63, 3.8) is 0 Å². The first-order chi connectivity index (χ1) is 13.2. The maximum absolute atomic E-state index is 11.5. The van der Waals surface area contributed by atoms with Crippen LogP contribution in [0.25, 0.3) is 0 Å². The number of carbonyl (C=O) groups is 1. The lowest BCUT2D eigenvalue weighted by Gasteiger charge is -2.37. The van der Waals surface area contributed by atoms with Crippen LogP contribution in [-0.4, -0.2) is 41.2 Å². The minimum atomic E-state index is -0.312. The molecular formula is C21H21N3O3. The molecule has 6 heteroatoms. The second-order valence-electron chi connectivity index (χ2n) is 6.79. The van der Waals surface area contributed by atoms with Crippen molar-refractivity contribution in [1.82, 2.24) is 15.0 Å². The number of esters is 1. The van der Waals surface area contributed by atoms with Crippen LogP contribution in [0.15, 0.2) is 59.1 Å². The molecule has 0 N–H and O–H groups in total. The van der Waals surface area contributed by atoms with Gasteiger partial charge < -0.3 is 9.26 Å². The number of aromatic nitrogens is 2. The van der Waals surface area contributed by atoms with Gasteiger partial charge in [-0.25, -0.2) is 4.79 Å². The van der Waals surface area contributed by atoms with E-state index in [2.05, 4.69) is 27.2 Å². The Morgan fingerprint density at radius 1 is 1.11 bits per heavy atom. The Kier molecular flexibility index (Phi) is 4.98. The van der Waals surface area contributed by atoms with Crippen molar-refractivity contribution in [2.45, 2.75) is 18.9 Å². The maximum atomic E-state index is 11.5. The summed E-state index contributed by atoms with van der Waals surface area (Å²) in [5.74, 6) is 1.43. The Labute approximate surface area is 157 Å². The van der Waals surface area contributed by atoms with Crippen LogP contribution in [0.4, 0.5) is 0 Å². The standard InChI is InChI=1S/C21H21N3O3/c1-26-21(25)17-9-7-16(8-10-17)12-24-13-18(14-24)20-22-19(23-27-20)11-15-5-3-2-4-6-15/h2-10,18H,11-14H2,1H3. The molecule has 1 saturated heterocycles. The second-order valence-corrected chi connectivity index (χ2v) is 6.79. The minimum Gasteiger partial charge on any atom is -0.465 e. The van der Waals surface area contributed by atoms with Gasteiger partial charge in [-0.3, -0.25) is 4.90 Å². The topological polar surface area (TPSA) is 68.5 Å². The summed E-state index contributed by atoms with van der Waals surface area (Å²) in [5.41, 5.74) is 2.91. The second kappa shape index (κ2) is 7.72. The van der Waals surface area contributed by atoms with Gasteiger partial charge >= 0.3 is 5.97 Å². The fraction of sp³-hybridized carbons (Fsp3) is 0.286. The van der Waals surface area contributed by atoms with Crippen molar-refractivity contribution in [3.05, 3.63) is 83.0 Å². The number of benzene rings is 2. The Morgan fingerprint density at radius 3 is 2.56 bits per heavy atom. The van der Waals surface area contributed by atoms with Crippen LogP contribution in [-0.2, 0) is 17.7 Å². The minimum absolute atomic E-state index is 0.288. The van der Waals surface area contributed by atoms with Gasteiger partial charge in [0, 0.05) is 26.1 Å². The van der Waals surface area contributed by atoms with Crippen molar-refractivity contribution in [2.75, 3.05) is 20.2 Å². The van der Waals surface area contributed by atoms with Crippen molar-refractivity contribution in [1.29, 1.82) is 0 Å². The van der Waals surface area contributed by atoms with E-state index in [0.717, 1.165) is 36.9 Å². The van der Waals surface area contributed by atoms with Crippen LogP contribution in [0.2, 0.25) is 0 Å². The van der Waals surface area contributed by atoms with E-state index in [1.54, 1.807) is 12.1 Å². The summed E-state index contributed by atoms with van der Waals surface area (Å²) in [5, 5.41) is 4.11. The third kappa shape index (κ3) is 4.06. The molecule has 2 aromatic carbocycles. The molecular weight excluding hydrogens is 342 g/mol. The highest BCUT2D eigenvalue weighted by Crippen LogP contribution is 2.27. The third-order valence-corrected chi connectivity index (χ3v) is 4.78. The zero-order valence-corrected chi connectivity index (χ0v) is 15.2. The van der Waals surface area contributed by atoms with Crippen molar-refractivity contribution >= 4 is 5.97 Å². The van der Waals surface area contributed by atoms with Crippen molar-refractivity contribution in [2.24, 2.45) is 0 Å². The van der Waals surface area contributed by atoms with Gasteiger partial charge in [-0.15, -0.1) is 0 Å². The number of rotatable bonds is 6. The molecule has 0 atom stereocenters. The molecule has 1 fully saturated rings. The van der Waals surface area contributed by atoms with Crippen molar-refractivity contribution in [3.8, 4) is 0 Å².